The van der Waals surface area contributed by atoms with E-state index in [9.17, 15) is 14.0 Å². The highest BCUT2D eigenvalue weighted by Crippen LogP contribution is 2.10. The van der Waals surface area contributed by atoms with Crippen molar-refractivity contribution in [2.24, 2.45) is 0 Å². The Hall–Kier alpha value is -2.21. The molecule has 0 saturated carbocycles. The summed E-state index contributed by atoms with van der Waals surface area (Å²) in [5.74, 6) is -1.49. The van der Waals surface area contributed by atoms with E-state index in [0.29, 0.717) is 13.2 Å². The van der Waals surface area contributed by atoms with Crippen molar-refractivity contribution in [2.75, 3.05) is 19.7 Å². The van der Waals surface area contributed by atoms with Crippen LogP contribution in [-0.4, -0.2) is 47.7 Å². The first kappa shape index (κ1) is 15.2. The normalized spacial score (nSPS) is 18.9. The predicted molar refractivity (Wildman–Crippen MR) is 74.0 cm³/mol. The number of amides is 1. The number of carboxylic acid groups (broad SMARTS) is 1. The molecule has 1 N–H and O–H groups in total. The van der Waals surface area contributed by atoms with Crippen LogP contribution in [0.15, 0.2) is 30.3 Å². The monoisotopic (exact) mass is 293 g/mol. The molecule has 0 aliphatic carbocycles. The van der Waals surface area contributed by atoms with Gasteiger partial charge in [0.05, 0.1) is 19.1 Å². The van der Waals surface area contributed by atoms with E-state index in [1.807, 2.05) is 0 Å². The summed E-state index contributed by atoms with van der Waals surface area (Å²) in [7, 11) is 0. The smallest absolute Gasteiger partial charge is 0.306 e. The van der Waals surface area contributed by atoms with Crippen molar-refractivity contribution in [1.82, 2.24) is 4.90 Å². The first-order valence-electron chi connectivity index (χ1n) is 6.60. The summed E-state index contributed by atoms with van der Waals surface area (Å²) in [6, 6.07) is 5.79. The van der Waals surface area contributed by atoms with Gasteiger partial charge in [-0.2, -0.15) is 0 Å². The zero-order chi connectivity index (χ0) is 15.2. The van der Waals surface area contributed by atoms with Crippen molar-refractivity contribution in [3.05, 3.63) is 41.7 Å². The van der Waals surface area contributed by atoms with E-state index >= 15 is 0 Å². The van der Waals surface area contributed by atoms with Crippen LogP contribution in [0.3, 0.4) is 0 Å². The van der Waals surface area contributed by atoms with Gasteiger partial charge in [0.15, 0.2) is 0 Å². The number of aliphatic carboxylic acids is 1. The predicted octanol–water partition coefficient (Wildman–Crippen LogP) is 1.54. The van der Waals surface area contributed by atoms with Gasteiger partial charge in [-0.05, 0) is 23.8 Å². The molecule has 1 unspecified atom stereocenters. The van der Waals surface area contributed by atoms with Gasteiger partial charge >= 0.3 is 5.97 Å². The maximum absolute atomic E-state index is 12.8. The van der Waals surface area contributed by atoms with E-state index in [-0.39, 0.29) is 24.7 Å². The minimum Gasteiger partial charge on any atom is -0.481 e. The van der Waals surface area contributed by atoms with Crippen molar-refractivity contribution in [2.45, 2.75) is 12.5 Å². The number of halogens is 1. The van der Waals surface area contributed by atoms with Crippen LogP contribution in [0.5, 0.6) is 0 Å². The second kappa shape index (κ2) is 6.99. The van der Waals surface area contributed by atoms with E-state index in [1.165, 1.54) is 18.2 Å². The Morgan fingerprint density at radius 2 is 2.10 bits per heavy atom. The van der Waals surface area contributed by atoms with Crippen LogP contribution in [0.25, 0.3) is 6.08 Å². The molecule has 1 amide bonds. The molecule has 1 aromatic carbocycles. The van der Waals surface area contributed by atoms with Crippen LogP contribution in [0, 0.1) is 5.82 Å². The number of morpholine rings is 1. The fourth-order valence-electron chi connectivity index (χ4n) is 2.08. The third kappa shape index (κ3) is 4.68. The number of nitrogens with zero attached hydrogens (tertiary/aromatic N) is 1. The third-order valence-corrected chi connectivity index (χ3v) is 3.14. The average molecular weight is 293 g/mol. The molecule has 1 aromatic rings. The summed E-state index contributed by atoms with van der Waals surface area (Å²) in [5.41, 5.74) is 0.722. The van der Waals surface area contributed by atoms with Crippen molar-refractivity contribution in [3.8, 4) is 0 Å². The topological polar surface area (TPSA) is 66.8 Å². The molecule has 112 valence electrons. The van der Waals surface area contributed by atoms with Gasteiger partial charge in [-0.15, -0.1) is 0 Å². The summed E-state index contributed by atoms with van der Waals surface area (Å²) < 4.78 is 18.1. The lowest BCUT2D eigenvalue weighted by atomic mass is 10.2. The molecule has 0 bridgehead atoms. The lowest BCUT2D eigenvalue weighted by Crippen LogP contribution is -2.45. The van der Waals surface area contributed by atoms with Gasteiger partial charge in [0.1, 0.15) is 5.82 Å². The van der Waals surface area contributed by atoms with Gasteiger partial charge in [0, 0.05) is 19.2 Å². The third-order valence-electron chi connectivity index (χ3n) is 3.14. The maximum atomic E-state index is 12.8. The van der Waals surface area contributed by atoms with Gasteiger partial charge < -0.3 is 14.7 Å². The van der Waals surface area contributed by atoms with E-state index in [0.717, 1.165) is 5.56 Å². The molecule has 1 fully saturated rings. The highest BCUT2D eigenvalue weighted by molar-refractivity contribution is 5.91. The van der Waals surface area contributed by atoms with Gasteiger partial charge in [0.25, 0.3) is 0 Å². The van der Waals surface area contributed by atoms with Gasteiger partial charge in [-0.3, -0.25) is 9.59 Å². The standard InChI is InChI=1S/C15H16FNO4/c16-12-4-1-11(2-5-12)3-6-14(18)17-7-8-21-13(10-17)9-15(19)20/h1-6,13H,7-10H2,(H,19,20). The molecule has 1 aliphatic heterocycles. The fourth-order valence-corrected chi connectivity index (χ4v) is 2.08. The quantitative estimate of drug-likeness (QED) is 0.855. The highest BCUT2D eigenvalue weighted by atomic mass is 19.1. The number of rotatable bonds is 4. The number of carboxylic acids is 1. The minimum absolute atomic E-state index is 0.120. The van der Waals surface area contributed by atoms with Crippen molar-refractivity contribution in [3.63, 3.8) is 0 Å². The largest absolute Gasteiger partial charge is 0.481 e. The lowest BCUT2D eigenvalue weighted by Gasteiger charge is -2.31. The van der Waals surface area contributed by atoms with E-state index in [1.54, 1.807) is 23.1 Å². The van der Waals surface area contributed by atoms with Crippen LogP contribution in [0.4, 0.5) is 4.39 Å². The number of hydrogen-bond donors (Lipinski definition) is 1. The fraction of sp³-hybridized carbons (Fsp3) is 0.333. The average Bonchev–Trinajstić information content (AvgIpc) is 2.46. The van der Waals surface area contributed by atoms with Crippen LogP contribution >= 0.6 is 0 Å². The number of hydrogen-bond acceptors (Lipinski definition) is 3. The van der Waals surface area contributed by atoms with Crippen molar-refractivity contribution < 1.29 is 23.8 Å². The summed E-state index contributed by atoms with van der Waals surface area (Å²) in [5, 5.41) is 8.74. The number of carbonyl (C=O) groups excluding carboxylic acids is 1. The Bertz CT molecular complexity index is 541. The maximum Gasteiger partial charge on any atom is 0.306 e. The molecular formula is C15H16FNO4. The molecule has 6 heteroatoms. The molecule has 1 heterocycles. The van der Waals surface area contributed by atoms with Crippen molar-refractivity contribution in [1.29, 1.82) is 0 Å². The van der Waals surface area contributed by atoms with E-state index in [4.69, 9.17) is 9.84 Å². The Morgan fingerprint density at radius 1 is 1.38 bits per heavy atom. The van der Waals surface area contributed by atoms with Gasteiger partial charge in [-0.1, -0.05) is 12.1 Å². The van der Waals surface area contributed by atoms with E-state index in [2.05, 4.69) is 0 Å². The Kier molecular flexibility index (Phi) is 5.05. The molecule has 1 aliphatic rings. The zero-order valence-corrected chi connectivity index (χ0v) is 11.4. The van der Waals surface area contributed by atoms with Crippen LogP contribution in [0.2, 0.25) is 0 Å². The molecule has 1 atom stereocenters. The molecule has 2 rings (SSSR count). The molecule has 0 aromatic heterocycles. The van der Waals surface area contributed by atoms with Gasteiger partial charge in [0.2, 0.25) is 5.91 Å². The summed E-state index contributed by atoms with van der Waals surface area (Å²) in [4.78, 5) is 24.2. The number of carbonyl (C=O) groups is 2. The molecule has 0 spiro atoms. The molecule has 1 saturated heterocycles. The number of benzene rings is 1. The first-order chi connectivity index (χ1) is 10.0. The van der Waals surface area contributed by atoms with Crippen molar-refractivity contribution >= 4 is 18.0 Å². The molecule has 5 nitrogen and oxygen atoms in total. The number of ether oxygens (including phenoxy) is 1. The van der Waals surface area contributed by atoms with Crippen LogP contribution in [-0.2, 0) is 14.3 Å². The second-order valence-corrected chi connectivity index (χ2v) is 4.76. The van der Waals surface area contributed by atoms with E-state index < -0.39 is 12.1 Å². The lowest BCUT2D eigenvalue weighted by molar-refractivity contribution is -0.145. The Balaban J connectivity index is 1.93. The molecule has 21 heavy (non-hydrogen) atoms. The Labute approximate surface area is 121 Å². The van der Waals surface area contributed by atoms with Crippen LogP contribution < -0.4 is 0 Å². The first-order valence-corrected chi connectivity index (χ1v) is 6.60. The summed E-state index contributed by atoms with van der Waals surface area (Å²) in [6.45, 7) is 1.02. The molecule has 0 radical (unpaired) electrons. The highest BCUT2D eigenvalue weighted by Gasteiger charge is 2.24. The minimum atomic E-state index is -0.948. The Morgan fingerprint density at radius 3 is 2.76 bits per heavy atom. The summed E-state index contributed by atoms with van der Waals surface area (Å²) >= 11 is 0. The van der Waals surface area contributed by atoms with Crippen LogP contribution in [0.1, 0.15) is 12.0 Å². The summed E-state index contributed by atoms with van der Waals surface area (Å²) in [6.07, 6.45) is 2.41. The SMILES string of the molecule is O=C(O)CC1CN(C(=O)C=Cc2ccc(F)cc2)CCO1. The molecular weight excluding hydrogens is 277 g/mol. The second-order valence-electron chi connectivity index (χ2n) is 4.76. The van der Waals surface area contributed by atoms with Gasteiger partial charge in [-0.25, -0.2) is 4.39 Å². The zero-order valence-electron chi connectivity index (χ0n) is 11.4.